The zero-order valence-electron chi connectivity index (χ0n) is 30.3. The summed E-state index contributed by atoms with van der Waals surface area (Å²) < 4.78 is 41.9. The molecule has 12 nitrogen and oxygen atoms in total. The van der Waals surface area contributed by atoms with Crippen LogP contribution < -0.4 is 9.47 Å². The summed E-state index contributed by atoms with van der Waals surface area (Å²) in [6.07, 6.45) is -2.14. The second-order valence-corrected chi connectivity index (χ2v) is 15.1. The van der Waals surface area contributed by atoms with Crippen molar-refractivity contribution < 1.29 is 42.7 Å². The minimum atomic E-state index is -0.673. The van der Waals surface area contributed by atoms with Crippen molar-refractivity contribution in [2.75, 3.05) is 34.9 Å². The summed E-state index contributed by atoms with van der Waals surface area (Å²) in [5.74, 6) is 1.49. The fourth-order valence-electron chi connectivity index (χ4n) is 5.17. The Bertz CT molecular complexity index is 1420. The Morgan fingerprint density at radius 2 is 1.27 bits per heavy atom. The van der Waals surface area contributed by atoms with Gasteiger partial charge in [0.05, 0.1) is 33.5 Å². The molecule has 2 aliphatic rings. The first-order valence-electron chi connectivity index (χ1n) is 16.4. The number of amidine groups is 1. The van der Waals surface area contributed by atoms with E-state index in [1.807, 2.05) is 90.1 Å². The first-order chi connectivity index (χ1) is 23.1. The summed E-state index contributed by atoms with van der Waals surface area (Å²) >= 11 is 1.34. The quantitative estimate of drug-likeness (QED) is 0.257. The minimum Gasteiger partial charge on any atom is -0.497 e. The molecule has 49 heavy (non-hydrogen) atoms. The van der Waals surface area contributed by atoms with E-state index in [9.17, 15) is 9.59 Å². The van der Waals surface area contributed by atoms with Crippen LogP contribution in [0.25, 0.3) is 0 Å². The first kappa shape index (κ1) is 38.3. The lowest BCUT2D eigenvalue weighted by atomic mass is 9.95. The highest BCUT2D eigenvalue weighted by Gasteiger charge is 2.51. The van der Waals surface area contributed by atoms with Crippen molar-refractivity contribution in [3.8, 4) is 11.5 Å². The summed E-state index contributed by atoms with van der Waals surface area (Å²) in [6, 6.07) is 14.8. The summed E-state index contributed by atoms with van der Waals surface area (Å²) in [6.45, 7) is 11.9. The fourth-order valence-corrected chi connectivity index (χ4v) is 6.34. The lowest BCUT2D eigenvalue weighted by Crippen LogP contribution is -2.57. The summed E-state index contributed by atoms with van der Waals surface area (Å²) in [5, 5.41) is 0.461. The van der Waals surface area contributed by atoms with Gasteiger partial charge >= 0.3 is 12.2 Å². The van der Waals surface area contributed by atoms with Gasteiger partial charge in [-0.1, -0.05) is 36.0 Å². The van der Waals surface area contributed by atoms with E-state index in [0.29, 0.717) is 18.1 Å². The molecule has 0 aromatic heterocycles. The van der Waals surface area contributed by atoms with Gasteiger partial charge in [0.15, 0.2) is 5.17 Å². The first-order valence-corrected chi connectivity index (χ1v) is 17.2. The van der Waals surface area contributed by atoms with E-state index >= 15 is 0 Å². The number of rotatable bonds is 11. The normalized spacial score (nSPS) is 22.1. The second kappa shape index (κ2) is 16.5. The van der Waals surface area contributed by atoms with Crippen LogP contribution in [0.5, 0.6) is 11.5 Å². The number of nitrogens with zero attached hydrogens (tertiary/aromatic N) is 3. The van der Waals surface area contributed by atoms with Gasteiger partial charge in [-0.3, -0.25) is 9.89 Å². The number of methoxy groups -OCH3 is 2. The second-order valence-electron chi connectivity index (χ2n) is 14.0. The van der Waals surface area contributed by atoms with E-state index in [2.05, 4.69) is 0 Å². The average molecular weight is 702 g/mol. The Kier molecular flexibility index (Phi) is 12.9. The largest absolute Gasteiger partial charge is 0.497 e. The molecule has 2 amide bonds. The summed E-state index contributed by atoms with van der Waals surface area (Å²) in [7, 11) is 6.58. The van der Waals surface area contributed by atoms with Gasteiger partial charge in [0.25, 0.3) is 0 Å². The van der Waals surface area contributed by atoms with Gasteiger partial charge in [-0.05, 0) is 83.4 Å². The van der Waals surface area contributed by atoms with Gasteiger partial charge in [-0.2, -0.15) is 0 Å². The van der Waals surface area contributed by atoms with Crippen LogP contribution in [-0.2, 0) is 36.9 Å². The molecule has 0 aliphatic carbocycles. The maximum Gasteiger partial charge on any atom is 0.416 e. The predicted octanol–water partition coefficient (Wildman–Crippen LogP) is 6.49. The smallest absolute Gasteiger partial charge is 0.416 e. The highest BCUT2D eigenvalue weighted by atomic mass is 32.2. The number of aliphatic imine (C=N–C) groups is 1. The lowest BCUT2D eigenvalue weighted by Gasteiger charge is -2.43. The van der Waals surface area contributed by atoms with Crippen molar-refractivity contribution in [1.29, 1.82) is 0 Å². The Morgan fingerprint density at radius 1 is 0.776 bits per heavy atom. The monoisotopic (exact) mass is 701 g/mol. The highest BCUT2D eigenvalue weighted by Crippen LogP contribution is 2.41. The molecule has 0 bridgehead atoms. The molecule has 2 heterocycles. The Balaban J connectivity index is 1.63. The average Bonchev–Trinajstić information content (AvgIpc) is 3.47. The van der Waals surface area contributed by atoms with Crippen LogP contribution in [0.4, 0.5) is 9.59 Å². The Labute approximate surface area is 294 Å². The Morgan fingerprint density at radius 3 is 1.76 bits per heavy atom. The zero-order valence-corrected chi connectivity index (χ0v) is 31.1. The molecule has 0 saturated carbocycles. The number of ether oxygens (including phenoxy) is 7. The van der Waals surface area contributed by atoms with Crippen LogP contribution in [0.3, 0.4) is 0 Å². The van der Waals surface area contributed by atoms with E-state index < -0.39 is 53.2 Å². The number of carbonyl (C=O) groups is 2. The maximum atomic E-state index is 13.0. The third-order valence-electron chi connectivity index (χ3n) is 7.71. The van der Waals surface area contributed by atoms with Crippen LogP contribution >= 0.6 is 11.8 Å². The van der Waals surface area contributed by atoms with Gasteiger partial charge in [0.2, 0.25) is 0 Å². The number of fused-ring (bicyclic) bond motifs is 1. The molecule has 0 spiro atoms. The lowest BCUT2D eigenvalue weighted by molar-refractivity contribution is -0.199. The molecule has 13 heteroatoms. The third kappa shape index (κ3) is 11.0. The van der Waals surface area contributed by atoms with Crippen molar-refractivity contribution in [3.63, 3.8) is 0 Å². The number of thioether (sulfide) groups is 1. The molecule has 2 aliphatic heterocycles. The molecule has 4 rings (SSSR count). The van der Waals surface area contributed by atoms with Crippen molar-refractivity contribution in [2.24, 2.45) is 4.99 Å². The van der Waals surface area contributed by atoms with E-state index in [-0.39, 0.29) is 13.2 Å². The van der Waals surface area contributed by atoms with Crippen LogP contribution in [0.2, 0.25) is 0 Å². The molecule has 1 saturated heterocycles. The number of hydrogen-bond acceptors (Lipinski definition) is 11. The number of hydrogen-bond donors (Lipinski definition) is 0. The van der Waals surface area contributed by atoms with Crippen LogP contribution in [-0.4, -0.2) is 103 Å². The number of benzene rings is 2. The van der Waals surface area contributed by atoms with Gasteiger partial charge in [0, 0.05) is 20.6 Å². The topological polar surface area (TPSA) is 118 Å². The molecule has 0 radical (unpaired) electrons. The molecule has 5 atom stereocenters. The highest BCUT2D eigenvalue weighted by molar-refractivity contribution is 8.14. The number of amides is 2. The molecule has 0 N–H and O–H groups in total. The fraction of sp³-hybridized carbons (Fsp3) is 0.583. The van der Waals surface area contributed by atoms with Crippen molar-refractivity contribution >= 4 is 29.1 Å². The molecule has 2 aromatic rings. The summed E-state index contributed by atoms with van der Waals surface area (Å²) in [5.41, 5.74) is 0.112. The molecule has 2 aromatic carbocycles. The molecule has 1 fully saturated rings. The third-order valence-corrected chi connectivity index (χ3v) is 8.92. The van der Waals surface area contributed by atoms with E-state index in [4.69, 9.17) is 38.2 Å². The van der Waals surface area contributed by atoms with Crippen LogP contribution in [0.1, 0.15) is 59.1 Å². The van der Waals surface area contributed by atoms with Crippen molar-refractivity contribution in [3.05, 3.63) is 59.7 Å². The predicted molar refractivity (Wildman–Crippen MR) is 188 cm³/mol. The molecule has 0 unspecified atom stereocenters. The molecule has 270 valence electrons. The van der Waals surface area contributed by atoms with Crippen LogP contribution in [0.15, 0.2) is 53.5 Å². The zero-order chi connectivity index (χ0) is 35.9. The number of carbonyl (C=O) groups excluding carboxylic acids is 2. The standard InChI is InChI=1S/C36H51N3O9S/c1-35(2,3)47-33(40)38(7)20-19-27-29(44-21-23-11-15-25(42-9)16-12-23)30(45-22-24-13-17-26(43-10)18-14-24)28-31(46-27)49-32(37-28)39(8)34(41)48-36(4,5)6/h11-18,27-31H,19-22H2,1-10H3/t27-,28-,29-,30-,31-/m1/s1. The van der Waals surface area contributed by atoms with Gasteiger partial charge in [-0.15, -0.1) is 0 Å². The van der Waals surface area contributed by atoms with E-state index in [1.165, 1.54) is 21.6 Å². The molecular weight excluding hydrogens is 650 g/mol. The minimum absolute atomic E-state index is 0.276. The van der Waals surface area contributed by atoms with Crippen LogP contribution in [0, 0.1) is 0 Å². The van der Waals surface area contributed by atoms with Gasteiger partial charge < -0.3 is 38.1 Å². The van der Waals surface area contributed by atoms with E-state index in [0.717, 1.165) is 22.6 Å². The maximum absolute atomic E-state index is 13.0. The van der Waals surface area contributed by atoms with Gasteiger partial charge in [-0.25, -0.2) is 9.59 Å². The van der Waals surface area contributed by atoms with Crippen molar-refractivity contribution in [2.45, 2.75) is 102 Å². The summed E-state index contributed by atoms with van der Waals surface area (Å²) in [4.78, 5) is 33.7. The van der Waals surface area contributed by atoms with Gasteiger partial charge in [0.1, 0.15) is 46.4 Å². The van der Waals surface area contributed by atoms with E-state index in [1.54, 1.807) is 28.3 Å². The molecular formula is C36H51N3O9S. The Hall–Kier alpha value is -3.52. The van der Waals surface area contributed by atoms with Crippen molar-refractivity contribution in [1.82, 2.24) is 9.80 Å². The SMILES string of the molecule is COc1ccc(CO[C@@H]2[C@H]3N=C(N(C)C(=O)OC(C)(C)C)S[C@H]3O[C@H](CCN(C)C(=O)OC(C)(C)C)[C@H]2OCc2ccc(OC)cc2)cc1.